The number of benzene rings is 1. The number of nitrogens with two attached hydrogens (primary N) is 1. The van der Waals surface area contributed by atoms with Gasteiger partial charge < -0.3 is 5.73 Å². The molecule has 112 valence electrons. The summed E-state index contributed by atoms with van der Waals surface area (Å²) in [7, 11) is -6.72. The van der Waals surface area contributed by atoms with E-state index in [1.807, 2.05) is 0 Å². The number of halogens is 1. The normalized spacial score (nSPS) is 19.6. The van der Waals surface area contributed by atoms with Crippen LogP contribution >= 0.6 is 11.6 Å². The number of anilines is 2. The van der Waals surface area contributed by atoms with Crippen LogP contribution in [0, 0.1) is 0 Å². The average Bonchev–Trinajstić information content (AvgIpc) is 2.33. The Bertz CT molecular complexity index is 702. The molecule has 1 aliphatic rings. The Morgan fingerprint density at radius 2 is 1.85 bits per heavy atom. The van der Waals surface area contributed by atoms with Crippen molar-refractivity contribution in [2.24, 2.45) is 0 Å². The lowest BCUT2D eigenvalue weighted by Gasteiger charge is -2.22. The van der Waals surface area contributed by atoms with Crippen LogP contribution in [0.15, 0.2) is 18.2 Å². The minimum atomic E-state index is -3.63. The molecule has 20 heavy (non-hydrogen) atoms. The minimum absolute atomic E-state index is 0.0959. The van der Waals surface area contributed by atoms with E-state index in [0.717, 1.165) is 0 Å². The van der Waals surface area contributed by atoms with E-state index in [9.17, 15) is 16.8 Å². The highest BCUT2D eigenvalue weighted by Crippen LogP contribution is 2.25. The Morgan fingerprint density at radius 1 is 1.25 bits per heavy atom. The number of sulfone groups is 1. The molecule has 0 amide bonds. The topological polar surface area (TPSA) is 106 Å². The van der Waals surface area contributed by atoms with Gasteiger partial charge in [0.1, 0.15) is 9.84 Å². The van der Waals surface area contributed by atoms with Crippen molar-refractivity contribution >= 4 is 42.8 Å². The summed E-state index contributed by atoms with van der Waals surface area (Å²) in [5, 5.41) is -0.361. The molecule has 0 unspecified atom stereocenters. The molecular weight excluding hydrogens is 324 g/mol. The zero-order valence-electron chi connectivity index (χ0n) is 10.5. The molecule has 0 atom stereocenters. The maximum absolute atomic E-state index is 12.2. The van der Waals surface area contributed by atoms with Crippen molar-refractivity contribution in [3.05, 3.63) is 23.2 Å². The Kier molecular flexibility index (Phi) is 4.17. The number of hydrogen-bond acceptors (Lipinski definition) is 5. The number of rotatable bonds is 3. The van der Waals surface area contributed by atoms with Crippen LogP contribution in [0.25, 0.3) is 0 Å². The van der Waals surface area contributed by atoms with E-state index in [-0.39, 0.29) is 30.0 Å². The fraction of sp³-hybridized carbons (Fsp3) is 0.455. The zero-order chi connectivity index (χ0) is 15.0. The van der Waals surface area contributed by atoms with Crippen LogP contribution in [0.3, 0.4) is 0 Å². The van der Waals surface area contributed by atoms with E-state index >= 15 is 0 Å². The molecule has 1 saturated heterocycles. The van der Waals surface area contributed by atoms with Gasteiger partial charge in [-0.15, -0.1) is 0 Å². The van der Waals surface area contributed by atoms with Crippen LogP contribution < -0.4 is 10.5 Å². The molecule has 1 aromatic rings. The molecule has 1 heterocycles. The summed E-state index contributed by atoms with van der Waals surface area (Å²) in [4.78, 5) is 0. The second-order valence-corrected chi connectivity index (χ2v) is 9.41. The maximum Gasteiger partial charge on any atom is 0.235 e. The van der Waals surface area contributed by atoms with Gasteiger partial charge in [0.05, 0.1) is 33.2 Å². The Morgan fingerprint density at radius 3 is 2.40 bits per heavy atom. The van der Waals surface area contributed by atoms with Crippen molar-refractivity contribution in [1.82, 2.24) is 0 Å². The predicted molar refractivity (Wildman–Crippen MR) is 80.1 cm³/mol. The van der Waals surface area contributed by atoms with E-state index in [2.05, 4.69) is 4.72 Å². The molecule has 0 aliphatic carbocycles. The molecule has 6 nitrogen and oxygen atoms in total. The summed E-state index contributed by atoms with van der Waals surface area (Å²) in [5.41, 5.74) is 6.20. The van der Waals surface area contributed by atoms with Crippen molar-refractivity contribution in [2.75, 3.05) is 22.0 Å². The lowest BCUT2D eigenvalue weighted by Crippen LogP contribution is -2.36. The highest BCUT2D eigenvalue weighted by atomic mass is 35.5. The van der Waals surface area contributed by atoms with Crippen LogP contribution in [-0.2, 0) is 19.9 Å². The van der Waals surface area contributed by atoms with E-state index in [1.165, 1.54) is 18.2 Å². The van der Waals surface area contributed by atoms with Crippen molar-refractivity contribution in [1.29, 1.82) is 0 Å². The molecule has 0 aromatic heterocycles. The van der Waals surface area contributed by atoms with Gasteiger partial charge in [-0.3, -0.25) is 4.72 Å². The Balaban J connectivity index is 2.13. The molecule has 2 rings (SSSR count). The first-order chi connectivity index (χ1) is 9.20. The number of sulfonamides is 1. The third-order valence-electron chi connectivity index (χ3n) is 3.20. The summed E-state index contributed by atoms with van der Waals surface area (Å²) in [6.07, 6.45) is 0.224. The molecule has 9 heteroatoms. The van der Waals surface area contributed by atoms with Crippen molar-refractivity contribution in [2.45, 2.75) is 18.1 Å². The first-order valence-electron chi connectivity index (χ1n) is 5.97. The van der Waals surface area contributed by atoms with Gasteiger partial charge in [-0.25, -0.2) is 16.8 Å². The average molecular weight is 339 g/mol. The van der Waals surface area contributed by atoms with Crippen molar-refractivity contribution in [3.8, 4) is 0 Å². The van der Waals surface area contributed by atoms with Gasteiger partial charge in [-0.1, -0.05) is 11.6 Å². The fourth-order valence-corrected chi connectivity index (χ4v) is 5.42. The van der Waals surface area contributed by atoms with Crippen LogP contribution in [0.2, 0.25) is 5.02 Å². The van der Waals surface area contributed by atoms with Gasteiger partial charge in [-0.2, -0.15) is 0 Å². The zero-order valence-corrected chi connectivity index (χ0v) is 12.9. The Labute approximate surface area is 123 Å². The van der Waals surface area contributed by atoms with Crippen molar-refractivity contribution < 1.29 is 16.8 Å². The molecule has 0 spiro atoms. The quantitative estimate of drug-likeness (QED) is 0.806. The van der Waals surface area contributed by atoms with E-state index in [1.54, 1.807) is 0 Å². The molecule has 1 aromatic carbocycles. The number of nitrogens with one attached hydrogen (secondary N) is 1. The minimum Gasteiger partial charge on any atom is -0.397 e. The summed E-state index contributed by atoms with van der Waals surface area (Å²) >= 11 is 5.76. The first-order valence-corrected chi connectivity index (χ1v) is 9.71. The molecule has 0 radical (unpaired) electrons. The van der Waals surface area contributed by atoms with Gasteiger partial charge in [0, 0.05) is 0 Å². The molecule has 0 saturated carbocycles. The van der Waals surface area contributed by atoms with Gasteiger partial charge in [0.15, 0.2) is 0 Å². The van der Waals surface area contributed by atoms with Crippen LogP contribution in [0.4, 0.5) is 11.4 Å². The van der Waals surface area contributed by atoms with Crippen LogP contribution in [0.5, 0.6) is 0 Å². The second kappa shape index (κ2) is 5.42. The highest BCUT2D eigenvalue weighted by Gasteiger charge is 2.32. The first kappa shape index (κ1) is 15.4. The van der Waals surface area contributed by atoms with Crippen LogP contribution in [0.1, 0.15) is 12.8 Å². The van der Waals surface area contributed by atoms with E-state index in [0.29, 0.717) is 10.7 Å². The smallest absolute Gasteiger partial charge is 0.235 e. The number of nitrogen functional groups attached to an aromatic ring is 1. The van der Waals surface area contributed by atoms with Gasteiger partial charge >= 0.3 is 0 Å². The monoisotopic (exact) mass is 338 g/mol. The lowest BCUT2D eigenvalue weighted by molar-refractivity contribution is 0.555. The van der Waals surface area contributed by atoms with E-state index in [4.69, 9.17) is 17.3 Å². The Hall–Kier alpha value is -0.990. The fourth-order valence-electron chi connectivity index (χ4n) is 2.03. The van der Waals surface area contributed by atoms with Gasteiger partial charge in [-0.05, 0) is 31.0 Å². The molecule has 1 fully saturated rings. The number of hydrogen-bond donors (Lipinski definition) is 2. The highest BCUT2D eigenvalue weighted by molar-refractivity contribution is 7.94. The summed E-state index contributed by atoms with van der Waals surface area (Å²) in [5.74, 6) is -0.192. The molecular formula is C11H15ClN2O4S2. The van der Waals surface area contributed by atoms with Crippen LogP contribution in [-0.4, -0.2) is 33.6 Å². The third kappa shape index (κ3) is 3.56. The standard InChI is InChI=1S/C11H15ClN2O4S2/c12-10-2-1-8(7-11(10)13)14-20(17,18)9-3-5-19(15,16)6-4-9/h1-2,7,9,14H,3-6,13H2. The molecule has 0 bridgehead atoms. The van der Waals surface area contributed by atoms with Gasteiger partial charge in [0.25, 0.3) is 0 Å². The second-order valence-electron chi connectivity index (χ2n) is 4.73. The van der Waals surface area contributed by atoms with Crippen molar-refractivity contribution in [3.63, 3.8) is 0 Å². The lowest BCUT2D eigenvalue weighted by atomic mass is 10.2. The van der Waals surface area contributed by atoms with Gasteiger partial charge in [0.2, 0.25) is 10.0 Å². The maximum atomic E-state index is 12.2. The summed E-state index contributed by atoms with van der Waals surface area (Å²) in [6.45, 7) is 0. The largest absolute Gasteiger partial charge is 0.397 e. The molecule has 1 aliphatic heterocycles. The molecule has 3 N–H and O–H groups in total. The summed E-state index contributed by atoms with van der Waals surface area (Å²) in [6, 6.07) is 4.44. The summed E-state index contributed by atoms with van der Waals surface area (Å²) < 4.78 is 49.4. The third-order valence-corrected chi connectivity index (χ3v) is 7.13. The van der Waals surface area contributed by atoms with E-state index < -0.39 is 25.1 Å². The predicted octanol–water partition coefficient (Wildman–Crippen LogP) is 1.24. The SMILES string of the molecule is Nc1cc(NS(=O)(=O)C2CCS(=O)(=O)CC2)ccc1Cl.